The van der Waals surface area contributed by atoms with Crippen LogP contribution in [0, 0.1) is 6.92 Å². The van der Waals surface area contributed by atoms with E-state index in [1.807, 2.05) is 32.9 Å². The zero-order chi connectivity index (χ0) is 17.4. The lowest BCUT2D eigenvalue weighted by molar-refractivity contribution is -0.143. The van der Waals surface area contributed by atoms with Gasteiger partial charge in [-0.05, 0) is 49.4 Å². The molecule has 23 heavy (non-hydrogen) atoms. The van der Waals surface area contributed by atoms with Gasteiger partial charge in [-0.25, -0.2) is 0 Å². The van der Waals surface area contributed by atoms with Crippen LogP contribution in [0.25, 0.3) is 0 Å². The van der Waals surface area contributed by atoms with Crippen molar-refractivity contribution >= 4 is 11.8 Å². The Morgan fingerprint density at radius 1 is 1.13 bits per heavy atom. The highest BCUT2D eigenvalue weighted by Gasteiger charge is 2.17. The molecule has 0 saturated heterocycles. The quantitative estimate of drug-likeness (QED) is 0.499. The number of ketones is 1. The summed E-state index contributed by atoms with van der Waals surface area (Å²) in [7, 11) is 0. The number of benzene rings is 1. The van der Waals surface area contributed by atoms with E-state index < -0.39 is 0 Å². The van der Waals surface area contributed by atoms with Crippen molar-refractivity contribution in [1.82, 2.24) is 0 Å². The molecule has 128 valence electrons. The van der Waals surface area contributed by atoms with Crippen molar-refractivity contribution < 1.29 is 19.1 Å². The number of esters is 1. The minimum Gasteiger partial charge on any atom is -0.494 e. The molecule has 0 unspecified atom stereocenters. The Morgan fingerprint density at radius 2 is 1.83 bits per heavy atom. The fourth-order valence-corrected chi connectivity index (χ4v) is 2.37. The molecule has 4 nitrogen and oxygen atoms in total. The zero-order valence-corrected chi connectivity index (χ0v) is 14.9. The van der Waals surface area contributed by atoms with Crippen LogP contribution in [0.1, 0.15) is 74.4 Å². The standard InChI is InChI=1S/C19H28O4/c1-6-10-23-19(21)9-8-17(20)16-12-15(13(3)4)18(22-7-2)11-14(16)5/h11-13H,6-10H2,1-5H3. The Balaban J connectivity index is 2.88. The zero-order valence-electron chi connectivity index (χ0n) is 14.9. The summed E-state index contributed by atoms with van der Waals surface area (Å²) >= 11 is 0. The molecule has 0 bridgehead atoms. The number of Topliss-reactive ketones (excluding diaryl/α,β-unsaturated/α-hetero) is 1. The van der Waals surface area contributed by atoms with E-state index in [0.717, 1.165) is 23.3 Å². The van der Waals surface area contributed by atoms with Crippen LogP contribution in [0.3, 0.4) is 0 Å². The maximum Gasteiger partial charge on any atom is 0.306 e. The summed E-state index contributed by atoms with van der Waals surface area (Å²) < 4.78 is 10.7. The van der Waals surface area contributed by atoms with Gasteiger partial charge < -0.3 is 9.47 Å². The molecule has 1 rings (SSSR count). The van der Waals surface area contributed by atoms with Gasteiger partial charge in [0.1, 0.15) is 5.75 Å². The number of ether oxygens (including phenoxy) is 2. The van der Waals surface area contributed by atoms with Gasteiger partial charge >= 0.3 is 5.97 Å². The normalized spacial score (nSPS) is 10.7. The molecule has 4 heteroatoms. The van der Waals surface area contributed by atoms with Gasteiger partial charge in [-0.1, -0.05) is 20.8 Å². The molecule has 0 N–H and O–H groups in total. The van der Waals surface area contributed by atoms with Crippen molar-refractivity contribution in [1.29, 1.82) is 0 Å². The number of hydrogen-bond acceptors (Lipinski definition) is 4. The molecule has 0 saturated carbocycles. The Morgan fingerprint density at radius 3 is 2.39 bits per heavy atom. The van der Waals surface area contributed by atoms with E-state index in [1.54, 1.807) is 0 Å². The summed E-state index contributed by atoms with van der Waals surface area (Å²) in [5, 5.41) is 0. The van der Waals surface area contributed by atoms with Crippen molar-refractivity contribution in [3.63, 3.8) is 0 Å². The van der Waals surface area contributed by atoms with Crippen LogP contribution < -0.4 is 4.74 Å². The van der Waals surface area contributed by atoms with E-state index in [4.69, 9.17) is 9.47 Å². The molecule has 1 aromatic carbocycles. The second-order valence-electron chi connectivity index (χ2n) is 5.94. The lowest BCUT2D eigenvalue weighted by atomic mass is 9.93. The molecule has 0 fully saturated rings. The first kappa shape index (κ1) is 19.2. The maximum atomic E-state index is 12.4. The number of carbonyl (C=O) groups is 2. The van der Waals surface area contributed by atoms with Crippen LogP contribution in [0.15, 0.2) is 12.1 Å². The van der Waals surface area contributed by atoms with Gasteiger partial charge in [0.2, 0.25) is 0 Å². The highest BCUT2D eigenvalue weighted by atomic mass is 16.5. The molecule has 0 amide bonds. The Bertz CT molecular complexity index is 547. The average Bonchev–Trinajstić information content (AvgIpc) is 2.50. The highest BCUT2D eigenvalue weighted by Crippen LogP contribution is 2.30. The molecule has 0 heterocycles. The number of rotatable bonds is 9. The minimum absolute atomic E-state index is 0.0269. The first-order chi connectivity index (χ1) is 10.9. The molecule has 0 aliphatic carbocycles. The summed E-state index contributed by atoms with van der Waals surface area (Å²) in [6.07, 6.45) is 1.09. The van der Waals surface area contributed by atoms with Crippen LogP contribution in [0.4, 0.5) is 0 Å². The smallest absolute Gasteiger partial charge is 0.306 e. The van der Waals surface area contributed by atoms with E-state index in [-0.39, 0.29) is 30.5 Å². The minimum atomic E-state index is -0.312. The maximum absolute atomic E-state index is 12.4. The van der Waals surface area contributed by atoms with Gasteiger partial charge in [0.15, 0.2) is 5.78 Å². The topological polar surface area (TPSA) is 52.6 Å². The second kappa shape index (κ2) is 9.33. The van der Waals surface area contributed by atoms with Crippen LogP contribution in [0.5, 0.6) is 5.75 Å². The predicted molar refractivity (Wildman–Crippen MR) is 91.3 cm³/mol. The highest BCUT2D eigenvalue weighted by molar-refractivity contribution is 5.99. The van der Waals surface area contributed by atoms with Crippen molar-refractivity contribution in [2.45, 2.75) is 59.8 Å². The van der Waals surface area contributed by atoms with Gasteiger partial charge in [0.05, 0.1) is 19.6 Å². The third kappa shape index (κ3) is 5.70. The van der Waals surface area contributed by atoms with Crippen molar-refractivity contribution in [3.8, 4) is 5.75 Å². The van der Waals surface area contributed by atoms with Gasteiger partial charge in [-0.2, -0.15) is 0 Å². The molecule has 1 aromatic rings. The molecule has 0 aliphatic rings. The molecule has 0 atom stereocenters. The third-order valence-corrected chi connectivity index (χ3v) is 3.60. The van der Waals surface area contributed by atoms with Crippen molar-refractivity contribution in [2.24, 2.45) is 0 Å². The van der Waals surface area contributed by atoms with E-state index in [2.05, 4.69) is 13.8 Å². The van der Waals surface area contributed by atoms with Gasteiger partial charge in [0, 0.05) is 12.0 Å². The fraction of sp³-hybridized carbons (Fsp3) is 0.579. The molecule has 0 spiro atoms. The van der Waals surface area contributed by atoms with Crippen LogP contribution in [-0.2, 0) is 9.53 Å². The number of carbonyl (C=O) groups excluding carboxylic acids is 2. The Labute approximate surface area is 139 Å². The first-order valence-corrected chi connectivity index (χ1v) is 8.36. The van der Waals surface area contributed by atoms with E-state index >= 15 is 0 Å². The molecule has 0 radical (unpaired) electrons. The lowest BCUT2D eigenvalue weighted by Crippen LogP contribution is -2.10. The van der Waals surface area contributed by atoms with Crippen molar-refractivity contribution in [2.75, 3.05) is 13.2 Å². The summed E-state index contributed by atoms with van der Waals surface area (Å²) in [5.41, 5.74) is 2.57. The Kier molecular flexibility index (Phi) is 7.79. The van der Waals surface area contributed by atoms with Gasteiger partial charge in [-0.15, -0.1) is 0 Å². The molecular formula is C19H28O4. The van der Waals surface area contributed by atoms with Crippen molar-refractivity contribution in [3.05, 3.63) is 28.8 Å². The summed E-state index contributed by atoms with van der Waals surface area (Å²) in [6.45, 7) is 10.9. The number of aryl methyl sites for hydroxylation is 1. The van der Waals surface area contributed by atoms with Gasteiger partial charge in [-0.3, -0.25) is 9.59 Å². The van der Waals surface area contributed by atoms with Gasteiger partial charge in [0.25, 0.3) is 0 Å². The molecular weight excluding hydrogens is 292 g/mol. The molecule has 0 aliphatic heterocycles. The van der Waals surface area contributed by atoms with E-state index in [9.17, 15) is 9.59 Å². The third-order valence-electron chi connectivity index (χ3n) is 3.60. The van der Waals surface area contributed by atoms with E-state index in [1.165, 1.54) is 0 Å². The summed E-state index contributed by atoms with van der Waals surface area (Å²) in [5.74, 6) is 0.755. The second-order valence-corrected chi connectivity index (χ2v) is 5.94. The summed E-state index contributed by atoms with van der Waals surface area (Å²) in [6, 6.07) is 3.83. The van der Waals surface area contributed by atoms with Crippen LogP contribution >= 0.6 is 0 Å². The van der Waals surface area contributed by atoms with E-state index in [0.29, 0.717) is 18.8 Å². The molecule has 0 aromatic heterocycles. The largest absolute Gasteiger partial charge is 0.494 e. The predicted octanol–water partition coefficient (Wildman–Crippen LogP) is 4.43. The fourth-order valence-electron chi connectivity index (χ4n) is 2.37. The summed E-state index contributed by atoms with van der Waals surface area (Å²) in [4.78, 5) is 24.0. The monoisotopic (exact) mass is 320 g/mol. The number of hydrogen-bond donors (Lipinski definition) is 0. The SMILES string of the molecule is CCCOC(=O)CCC(=O)c1cc(C(C)C)c(OCC)cc1C. The first-order valence-electron chi connectivity index (χ1n) is 8.36. The van der Waals surface area contributed by atoms with Crippen LogP contribution in [0.2, 0.25) is 0 Å². The van der Waals surface area contributed by atoms with Crippen LogP contribution in [-0.4, -0.2) is 25.0 Å². The Hall–Kier alpha value is -1.84. The average molecular weight is 320 g/mol. The lowest BCUT2D eigenvalue weighted by Gasteiger charge is -2.16.